The zero-order chi connectivity index (χ0) is 19.8. The summed E-state index contributed by atoms with van der Waals surface area (Å²) in [6.45, 7) is 1.85. The molecule has 1 aliphatic rings. The number of nitrogens with zero attached hydrogens (tertiary/aromatic N) is 1. The number of alkyl halides is 3. The van der Waals surface area contributed by atoms with Gasteiger partial charge in [0, 0.05) is 10.9 Å². The van der Waals surface area contributed by atoms with Crippen molar-refractivity contribution in [3.8, 4) is 6.07 Å². The number of carbonyl (C=O) groups excluding carboxylic acids is 1. The van der Waals surface area contributed by atoms with Crippen LogP contribution in [0.15, 0.2) is 58.6 Å². The van der Waals surface area contributed by atoms with Crippen LogP contribution in [0.1, 0.15) is 23.1 Å². The fraction of sp³-hybridized carbons (Fsp3) is 0.200. The number of hydrogen-bond acceptors (Lipinski definition) is 2. The molecular formula is C20H14BrF3N2O. The molecule has 0 saturated carbocycles. The molecule has 1 amide bonds. The Labute approximate surface area is 162 Å². The average molecular weight is 435 g/mol. The van der Waals surface area contributed by atoms with Crippen molar-refractivity contribution in [3.05, 3.63) is 75.3 Å². The molecule has 1 heterocycles. The molecule has 1 N–H and O–H groups in total. The summed E-state index contributed by atoms with van der Waals surface area (Å²) >= 11 is 3.20. The van der Waals surface area contributed by atoms with E-state index in [-0.39, 0.29) is 16.7 Å². The summed E-state index contributed by atoms with van der Waals surface area (Å²) in [5, 5.41) is 11.4. The van der Waals surface area contributed by atoms with Crippen LogP contribution in [0.5, 0.6) is 0 Å². The summed E-state index contributed by atoms with van der Waals surface area (Å²) in [5.41, 5.74) is -1.55. The average Bonchev–Trinajstić information content (AvgIpc) is 2.61. The molecule has 0 radical (unpaired) electrons. The largest absolute Gasteiger partial charge is 0.416 e. The zero-order valence-electron chi connectivity index (χ0n) is 14.2. The molecule has 2 aromatic carbocycles. The summed E-state index contributed by atoms with van der Waals surface area (Å²) in [4.78, 5) is 12.5. The van der Waals surface area contributed by atoms with Gasteiger partial charge in [0.1, 0.15) is 11.6 Å². The van der Waals surface area contributed by atoms with Crippen molar-refractivity contribution in [2.24, 2.45) is 0 Å². The number of carbonyl (C=O) groups is 1. The molecule has 3 nitrogen and oxygen atoms in total. The first-order valence-corrected chi connectivity index (χ1v) is 8.83. The van der Waals surface area contributed by atoms with Gasteiger partial charge in [0.25, 0.3) is 5.91 Å². The lowest BCUT2D eigenvalue weighted by molar-refractivity contribution is -0.201. The Morgan fingerprint density at radius 1 is 1.11 bits per heavy atom. The van der Waals surface area contributed by atoms with Crippen molar-refractivity contribution in [1.29, 1.82) is 5.26 Å². The van der Waals surface area contributed by atoms with E-state index in [4.69, 9.17) is 0 Å². The first kappa shape index (κ1) is 19.2. The molecule has 1 unspecified atom stereocenters. The highest BCUT2D eigenvalue weighted by Gasteiger charge is 2.59. The Kier molecular flexibility index (Phi) is 4.87. The molecule has 7 heteroatoms. The Balaban J connectivity index is 2.22. The van der Waals surface area contributed by atoms with Gasteiger partial charge in [-0.1, -0.05) is 57.9 Å². The van der Waals surface area contributed by atoms with E-state index in [2.05, 4.69) is 21.2 Å². The highest BCUT2D eigenvalue weighted by atomic mass is 79.9. The van der Waals surface area contributed by atoms with Crippen LogP contribution in [-0.4, -0.2) is 12.1 Å². The van der Waals surface area contributed by atoms with E-state index in [9.17, 15) is 23.2 Å². The first-order valence-electron chi connectivity index (χ1n) is 8.03. The summed E-state index contributed by atoms with van der Waals surface area (Å²) in [6, 6.07) is 14.1. The highest BCUT2D eigenvalue weighted by molar-refractivity contribution is 9.10. The topological polar surface area (TPSA) is 52.9 Å². The second kappa shape index (κ2) is 6.86. The van der Waals surface area contributed by atoms with E-state index in [1.165, 1.54) is 24.3 Å². The normalized spacial score (nSPS) is 20.2. The van der Waals surface area contributed by atoms with Crippen molar-refractivity contribution in [2.45, 2.75) is 25.1 Å². The van der Waals surface area contributed by atoms with E-state index in [0.29, 0.717) is 10.0 Å². The van der Waals surface area contributed by atoms with Crippen molar-refractivity contribution in [1.82, 2.24) is 5.32 Å². The Bertz CT molecular complexity index is 957. The van der Waals surface area contributed by atoms with Gasteiger partial charge in [-0.15, -0.1) is 0 Å². The van der Waals surface area contributed by atoms with Crippen molar-refractivity contribution >= 4 is 27.4 Å². The second-order valence-electron chi connectivity index (χ2n) is 6.37. The second-order valence-corrected chi connectivity index (χ2v) is 7.29. The predicted molar refractivity (Wildman–Crippen MR) is 98.3 cm³/mol. The number of rotatable bonds is 2. The van der Waals surface area contributed by atoms with Crippen LogP contribution in [-0.2, 0) is 10.3 Å². The van der Waals surface area contributed by atoms with Gasteiger partial charge in [-0.25, -0.2) is 0 Å². The van der Waals surface area contributed by atoms with Gasteiger partial charge in [0.2, 0.25) is 0 Å². The van der Waals surface area contributed by atoms with Crippen LogP contribution in [0.3, 0.4) is 0 Å². The molecule has 0 saturated heterocycles. The molecule has 27 heavy (non-hydrogen) atoms. The molecule has 1 atom stereocenters. The third-order valence-corrected chi connectivity index (χ3v) is 5.16. The first-order chi connectivity index (χ1) is 12.7. The van der Waals surface area contributed by atoms with Crippen LogP contribution in [0.2, 0.25) is 0 Å². The minimum Gasteiger partial charge on any atom is -0.333 e. The molecule has 0 fully saturated rings. The third-order valence-electron chi connectivity index (χ3n) is 4.63. The SMILES string of the molecule is Cc1ccc(C2=C(C#N)C(=O)NC(c3ccc(Br)cc3)(C(F)(F)F)C2)cc1. The molecule has 3 rings (SSSR count). The zero-order valence-corrected chi connectivity index (χ0v) is 15.8. The third kappa shape index (κ3) is 3.37. The smallest absolute Gasteiger partial charge is 0.333 e. The fourth-order valence-electron chi connectivity index (χ4n) is 3.15. The Morgan fingerprint density at radius 3 is 2.22 bits per heavy atom. The maximum absolute atomic E-state index is 14.2. The van der Waals surface area contributed by atoms with E-state index >= 15 is 0 Å². The van der Waals surface area contributed by atoms with Crippen molar-refractivity contribution in [3.63, 3.8) is 0 Å². The van der Waals surface area contributed by atoms with Gasteiger partial charge in [-0.3, -0.25) is 4.79 Å². The molecule has 138 valence electrons. The lowest BCUT2D eigenvalue weighted by Crippen LogP contribution is -2.58. The van der Waals surface area contributed by atoms with Gasteiger partial charge < -0.3 is 5.32 Å². The summed E-state index contributed by atoms with van der Waals surface area (Å²) < 4.78 is 43.2. The number of halogens is 4. The van der Waals surface area contributed by atoms with Crippen LogP contribution >= 0.6 is 15.9 Å². The monoisotopic (exact) mass is 434 g/mol. The lowest BCUT2D eigenvalue weighted by atomic mass is 9.76. The Morgan fingerprint density at radius 2 is 1.70 bits per heavy atom. The minimum absolute atomic E-state index is 0.0847. The van der Waals surface area contributed by atoms with Crippen LogP contribution in [0, 0.1) is 18.3 Å². The van der Waals surface area contributed by atoms with Gasteiger partial charge in [0.05, 0.1) is 0 Å². The standard InChI is InChI=1S/C20H14BrF3N2O/c1-12-2-4-13(5-3-12)16-10-19(20(22,23)24,26-18(27)17(16)11-25)14-6-8-15(21)9-7-14/h2-9H,10H2,1H3,(H,26,27). The molecule has 0 aliphatic carbocycles. The molecule has 0 spiro atoms. The maximum Gasteiger partial charge on any atom is 0.416 e. The lowest BCUT2D eigenvalue weighted by Gasteiger charge is -2.40. The van der Waals surface area contributed by atoms with E-state index in [1.807, 2.05) is 6.92 Å². The van der Waals surface area contributed by atoms with Gasteiger partial charge in [-0.2, -0.15) is 18.4 Å². The van der Waals surface area contributed by atoms with Crippen molar-refractivity contribution < 1.29 is 18.0 Å². The summed E-state index contributed by atoms with van der Waals surface area (Å²) in [6.07, 6.45) is -5.32. The van der Waals surface area contributed by atoms with Gasteiger partial charge in [0.15, 0.2) is 5.54 Å². The van der Waals surface area contributed by atoms with Crippen LogP contribution in [0.25, 0.3) is 5.57 Å². The fourth-order valence-corrected chi connectivity index (χ4v) is 3.42. The molecule has 0 aromatic heterocycles. The van der Waals surface area contributed by atoms with E-state index in [0.717, 1.165) is 5.56 Å². The molecule has 2 aromatic rings. The van der Waals surface area contributed by atoms with Gasteiger partial charge in [-0.05, 0) is 35.8 Å². The number of nitriles is 1. The molecule has 1 aliphatic heterocycles. The minimum atomic E-state index is -4.76. The van der Waals surface area contributed by atoms with E-state index in [1.54, 1.807) is 30.3 Å². The van der Waals surface area contributed by atoms with Crippen LogP contribution < -0.4 is 5.32 Å². The van der Waals surface area contributed by atoms with E-state index < -0.39 is 24.0 Å². The number of benzene rings is 2. The quantitative estimate of drug-likeness (QED) is 0.721. The molecule has 0 bridgehead atoms. The maximum atomic E-state index is 14.2. The van der Waals surface area contributed by atoms with Gasteiger partial charge >= 0.3 is 6.18 Å². The number of aryl methyl sites for hydroxylation is 1. The number of amides is 1. The summed E-state index contributed by atoms with van der Waals surface area (Å²) in [5.74, 6) is -1.03. The van der Waals surface area contributed by atoms with Crippen LogP contribution in [0.4, 0.5) is 13.2 Å². The van der Waals surface area contributed by atoms with Crippen molar-refractivity contribution in [2.75, 3.05) is 0 Å². The number of hydrogen-bond donors (Lipinski definition) is 1. The predicted octanol–water partition coefficient (Wildman–Crippen LogP) is 5.01. The Hall–Kier alpha value is -2.59. The number of nitrogens with one attached hydrogen (secondary N) is 1. The highest BCUT2D eigenvalue weighted by Crippen LogP contribution is 2.48. The molecular weight excluding hydrogens is 421 g/mol. The summed E-state index contributed by atoms with van der Waals surface area (Å²) in [7, 11) is 0.